The monoisotopic (exact) mass is 933 g/mol. The second kappa shape index (κ2) is 17.6. The van der Waals surface area contributed by atoms with E-state index in [9.17, 15) is 36.4 Å². The first-order valence-electron chi connectivity index (χ1n) is 22.6. The van der Waals surface area contributed by atoms with Crippen molar-refractivity contribution in [1.82, 2.24) is 24.2 Å². The molecule has 0 unspecified atom stereocenters. The number of carbonyl (C=O) groups excluding carboxylic acids is 4. The first kappa shape index (κ1) is 46.5. The minimum atomic E-state index is -3.99. The Kier molecular flexibility index (Phi) is 12.6. The fraction of sp³-hybridized carbons (Fsp3) is 0.542. The maximum Gasteiger partial charge on any atom is 0.307 e. The van der Waals surface area contributed by atoms with Crippen molar-refractivity contribution in [1.29, 1.82) is 0 Å². The van der Waals surface area contributed by atoms with Crippen LogP contribution in [0.4, 0.5) is 8.78 Å². The van der Waals surface area contributed by atoms with Crippen LogP contribution in [-0.2, 0) is 33.9 Å². The third-order valence-corrected chi connectivity index (χ3v) is 16.3. The molecule has 1 saturated heterocycles. The predicted molar refractivity (Wildman–Crippen MR) is 242 cm³/mol. The van der Waals surface area contributed by atoms with E-state index in [1.54, 1.807) is 33.1 Å². The van der Waals surface area contributed by atoms with Gasteiger partial charge in [-0.25, -0.2) is 22.2 Å². The van der Waals surface area contributed by atoms with Gasteiger partial charge in [0, 0.05) is 47.4 Å². The average molecular weight is 934 g/mol. The number of nitrogens with zero attached hydrogens (tertiary/aromatic N) is 4. The maximum atomic E-state index is 14.9. The van der Waals surface area contributed by atoms with E-state index in [4.69, 9.17) is 19.4 Å². The van der Waals surface area contributed by atoms with Crippen molar-refractivity contribution in [2.24, 2.45) is 17.3 Å². The van der Waals surface area contributed by atoms with Crippen LogP contribution in [-0.4, -0.2) is 80.5 Å². The Bertz CT molecular complexity index is 2670. The zero-order valence-electron chi connectivity index (χ0n) is 37.7. The number of halogens is 2. The van der Waals surface area contributed by atoms with Gasteiger partial charge in [0.15, 0.2) is 5.78 Å². The highest BCUT2D eigenvalue weighted by Gasteiger charge is 2.62. The predicted octanol–water partition coefficient (Wildman–Crippen LogP) is 8.87. The van der Waals surface area contributed by atoms with Gasteiger partial charge in [0.05, 0.1) is 40.4 Å². The minimum absolute atomic E-state index is 0.0114. The number of fused-ring (bicyclic) bond motifs is 3. The van der Waals surface area contributed by atoms with Crippen molar-refractivity contribution in [3.05, 3.63) is 65.6 Å². The van der Waals surface area contributed by atoms with Gasteiger partial charge in [-0.3, -0.25) is 28.5 Å². The summed E-state index contributed by atoms with van der Waals surface area (Å²) < 4.78 is 70.7. The number of aromatic nitrogens is 3. The van der Waals surface area contributed by atoms with E-state index in [1.165, 1.54) is 28.4 Å². The van der Waals surface area contributed by atoms with Gasteiger partial charge in [0.2, 0.25) is 21.8 Å². The van der Waals surface area contributed by atoms with Crippen LogP contribution in [0.2, 0.25) is 0 Å². The lowest BCUT2D eigenvalue weighted by molar-refractivity contribution is -0.159. The van der Waals surface area contributed by atoms with E-state index in [-0.39, 0.29) is 61.7 Å². The number of esters is 1. The summed E-state index contributed by atoms with van der Waals surface area (Å²) in [5, 5.41) is 2.25. The number of hydrogen-bond acceptors (Lipinski definition) is 11. The molecule has 4 aromatic rings. The summed E-state index contributed by atoms with van der Waals surface area (Å²) in [4.78, 5) is 68.2. The van der Waals surface area contributed by atoms with Gasteiger partial charge < -0.3 is 14.4 Å². The highest BCUT2D eigenvalue weighted by atomic mass is 32.2. The lowest BCUT2D eigenvalue weighted by atomic mass is 9.90. The fourth-order valence-corrected chi connectivity index (χ4v) is 11.4. The molecule has 2 aliphatic carbocycles. The number of sulfonamides is 1. The van der Waals surface area contributed by atoms with Crippen LogP contribution in [0.25, 0.3) is 32.9 Å². The number of nitrogens with one attached hydrogen (secondary N) is 1. The van der Waals surface area contributed by atoms with Crippen LogP contribution in [0.5, 0.6) is 6.01 Å². The Morgan fingerprint density at radius 2 is 1.82 bits per heavy atom. The molecule has 8 rings (SSSR count). The number of carbonyl (C=O) groups is 4. The molecule has 2 aromatic carbocycles. The molecule has 0 bridgehead atoms. The third kappa shape index (κ3) is 9.63. The van der Waals surface area contributed by atoms with E-state index in [0.29, 0.717) is 53.9 Å². The molecule has 17 heteroatoms. The van der Waals surface area contributed by atoms with Crippen LogP contribution in [0, 0.1) is 28.9 Å². The number of Topliss-reactive ketones (excluding diaryl/α,β-unsaturated/α-hetero) is 1. The molecule has 65 heavy (non-hydrogen) atoms. The third-order valence-electron chi connectivity index (χ3n) is 13.2. The summed E-state index contributed by atoms with van der Waals surface area (Å²) in [6, 6.07) is 7.99. The zero-order chi connectivity index (χ0) is 46.6. The highest BCUT2D eigenvalue weighted by molar-refractivity contribution is 7.91. The molecule has 5 atom stereocenters. The summed E-state index contributed by atoms with van der Waals surface area (Å²) >= 11 is 1.29. The summed E-state index contributed by atoms with van der Waals surface area (Å²) in [5.41, 5.74) is 0.373. The van der Waals surface area contributed by atoms with Crippen LogP contribution in [0.15, 0.2) is 53.9 Å². The topological polar surface area (TPSA) is 167 Å². The van der Waals surface area contributed by atoms with Crippen molar-refractivity contribution >= 4 is 56.0 Å². The fourth-order valence-electron chi connectivity index (χ4n) is 9.22. The summed E-state index contributed by atoms with van der Waals surface area (Å²) in [5.74, 6) is -4.58. The van der Waals surface area contributed by atoms with Gasteiger partial charge in [0.1, 0.15) is 33.9 Å². The van der Waals surface area contributed by atoms with E-state index >= 15 is 0 Å². The first-order valence-corrected chi connectivity index (χ1v) is 24.9. The number of thiazole rings is 1. The summed E-state index contributed by atoms with van der Waals surface area (Å²) in [6.45, 7) is 10.8. The number of rotatable bonds is 10. The molecular weight excluding hydrogens is 877 g/mol. The van der Waals surface area contributed by atoms with Crippen molar-refractivity contribution in [2.75, 3.05) is 6.54 Å². The minimum Gasteiger partial charge on any atom is -0.460 e. The van der Waals surface area contributed by atoms with E-state index < -0.39 is 73.1 Å². The Hall–Kier alpha value is -5.03. The second-order valence-electron chi connectivity index (χ2n) is 19.7. The molecule has 0 spiro atoms. The Labute approximate surface area is 382 Å². The van der Waals surface area contributed by atoms with Gasteiger partial charge in [-0.2, -0.15) is 4.98 Å². The maximum absolute atomic E-state index is 14.9. The quantitative estimate of drug-likeness (QED) is 0.120. The standard InChI is InChI=1S/C48H57F2N5O8S2/c1-28(2)55-37-16-12-15-34(42-51-36(27-64-42)33-18-17-31(49)22-35(33)50)41(37)52-45(55)62-32-23-38-39(56)25-48(44(59)53-65(60,61)47(6)19-20-47)24-30(48)14-11-9-7-8-10-13-29(43(58)54(38)26-32)21-40(57)63-46(3,4)5/h11-12,14-18,22,27-30,32,38H,7-10,13,19-21,23-26H2,1-6H3,(H,53,59)/b14-11-/t29-,30-,32-,38+,48-/m1/s1. The van der Waals surface area contributed by atoms with Crippen LogP contribution in [0.3, 0.4) is 0 Å². The lowest BCUT2D eigenvalue weighted by Gasteiger charge is -2.29. The molecule has 1 N–H and O–H groups in total. The molecule has 2 saturated carbocycles. The molecule has 3 fully saturated rings. The summed E-state index contributed by atoms with van der Waals surface area (Å²) in [7, 11) is -3.99. The van der Waals surface area contributed by atoms with E-state index in [2.05, 4.69) is 4.72 Å². The zero-order valence-corrected chi connectivity index (χ0v) is 39.3. The molecule has 2 amide bonds. The number of ketones is 1. The number of ether oxygens (including phenoxy) is 2. The normalized spacial score (nSPS) is 25.3. The first-order chi connectivity index (χ1) is 30.7. The molecule has 4 aliphatic rings. The molecule has 4 heterocycles. The number of allylic oxidation sites excluding steroid dienone is 2. The molecule has 2 aliphatic heterocycles. The van der Waals surface area contributed by atoms with E-state index in [0.717, 1.165) is 24.4 Å². The van der Waals surface area contributed by atoms with E-state index in [1.807, 2.05) is 48.8 Å². The molecular formula is C48H57F2N5O8S2. The van der Waals surface area contributed by atoms with Crippen molar-refractivity contribution in [3.8, 4) is 27.8 Å². The summed E-state index contributed by atoms with van der Waals surface area (Å²) in [6.07, 6.45) is 7.27. The van der Waals surface area contributed by atoms with Crippen LogP contribution >= 0.6 is 11.3 Å². The number of benzene rings is 2. The van der Waals surface area contributed by atoms with Gasteiger partial charge >= 0.3 is 5.97 Å². The number of amides is 2. The Morgan fingerprint density at radius 1 is 1.05 bits per heavy atom. The smallest absolute Gasteiger partial charge is 0.307 e. The Morgan fingerprint density at radius 3 is 2.52 bits per heavy atom. The number of imidazole rings is 1. The van der Waals surface area contributed by atoms with Gasteiger partial charge in [-0.15, -0.1) is 11.3 Å². The molecule has 0 radical (unpaired) electrons. The van der Waals surface area contributed by atoms with Gasteiger partial charge in [-0.05, 0) is 110 Å². The number of hydrogen-bond donors (Lipinski definition) is 1. The lowest BCUT2D eigenvalue weighted by Crippen LogP contribution is -2.47. The number of para-hydroxylation sites is 1. The molecule has 348 valence electrons. The van der Waals surface area contributed by atoms with Crippen LogP contribution < -0.4 is 9.46 Å². The van der Waals surface area contributed by atoms with Gasteiger partial charge in [-0.1, -0.05) is 31.1 Å². The average Bonchev–Trinajstić information content (AvgIpc) is 3.90. The SMILES string of the molecule is CC(C)n1c(O[C@@H]2C[C@H]3C(=O)C[C@]4(C(=O)NS(=O)(=O)C5(C)CC5)C[C@H]4/C=C\CCCCC[C@H](CC(=O)OC(C)(C)C)C(=O)N3C2)nc2c(-c3nc(-c4ccc(F)cc4F)cs3)cccc21. The largest absolute Gasteiger partial charge is 0.460 e. The van der Waals surface area contributed by atoms with Crippen molar-refractivity contribution in [2.45, 2.75) is 141 Å². The highest BCUT2D eigenvalue weighted by Crippen LogP contribution is 2.58. The molecule has 2 aromatic heterocycles. The van der Waals surface area contributed by atoms with Crippen molar-refractivity contribution < 1.29 is 45.9 Å². The second-order valence-corrected chi connectivity index (χ2v) is 22.8. The van der Waals surface area contributed by atoms with Crippen LogP contribution in [0.1, 0.15) is 118 Å². The van der Waals surface area contributed by atoms with Crippen molar-refractivity contribution in [3.63, 3.8) is 0 Å². The molecule has 13 nitrogen and oxygen atoms in total. The Balaban J connectivity index is 1.12. The van der Waals surface area contributed by atoms with Gasteiger partial charge in [0.25, 0.3) is 6.01 Å².